The Morgan fingerprint density at radius 2 is 2.25 bits per heavy atom. The summed E-state index contributed by atoms with van der Waals surface area (Å²) in [6.07, 6.45) is 1.00. The molecule has 1 atom stereocenters. The van der Waals surface area contributed by atoms with Crippen molar-refractivity contribution in [2.45, 2.75) is 12.3 Å². The first-order chi connectivity index (χ1) is 7.83. The van der Waals surface area contributed by atoms with Gasteiger partial charge in [-0.25, -0.2) is 4.98 Å². The van der Waals surface area contributed by atoms with Crippen molar-refractivity contribution in [2.75, 3.05) is 6.61 Å². The van der Waals surface area contributed by atoms with E-state index in [-0.39, 0.29) is 0 Å². The molecule has 0 amide bonds. The van der Waals surface area contributed by atoms with E-state index in [4.69, 9.17) is 4.74 Å². The molecule has 0 saturated heterocycles. The summed E-state index contributed by atoms with van der Waals surface area (Å²) in [5.41, 5.74) is 1.27. The second-order valence-electron chi connectivity index (χ2n) is 3.72. The molecule has 2 heterocycles. The lowest BCUT2D eigenvalue weighted by Gasteiger charge is -2.23. The van der Waals surface area contributed by atoms with Crippen molar-refractivity contribution >= 4 is 34.1 Å². The van der Waals surface area contributed by atoms with Gasteiger partial charge in [0.1, 0.15) is 10.8 Å². The highest BCUT2D eigenvalue weighted by atomic mass is 127. The van der Waals surface area contributed by atoms with Gasteiger partial charge in [0.25, 0.3) is 0 Å². The van der Waals surface area contributed by atoms with Gasteiger partial charge in [0.2, 0.25) is 3.83 Å². The van der Waals surface area contributed by atoms with Crippen molar-refractivity contribution in [1.29, 1.82) is 0 Å². The average Bonchev–Trinajstić information content (AvgIpc) is 2.75. The summed E-state index contributed by atoms with van der Waals surface area (Å²) < 4.78 is 10.8. The third-order valence-corrected chi connectivity index (χ3v) is 4.33. The van der Waals surface area contributed by atoms with Crippen molar-refractivity contribution in [3.63, 3.8) is 0 Å². The third-order valence-electron chi connectivity index (χ3n) is 2.65. The van der Waals surface area contributed by atoms with E-state index in [9.17, 15) is 0 Å². The lowest BCUT2D eigenvalue weighted by Crippen LogP contribution is -2.18. The van der Waals surface area contributed by atoms with Crippen LogP contribution >= 0.6 is 34.1 Å². The second kappa shape index (κ2) is 4.29. The molecule has 0 fully saturated rings. The van der Waals surface area contributed by atoms with E-state index in [0.29, 0.717) is 12.5 Å². The molecule has 1 aliphatic rings. The van der Waals surface area contributed by atoms with Crippen LogP contribution < -0.4 is 4.74 Å². The summed E-state index contributed by atoms with van der Waals surface area (Å²) in [6.45, 7) is 0.711. The van der Waals surface area contributed by atoms with Crippen LogP contribution in [0.5, 0.6) is 5.75 Å². The van der Waals surface area contributed by atoms with Crippen LogP contribution in [0.1, 0.15) is 16.5 Å². The third kappa shape index (κ3) is 1.93. The molecule has 2 aromatic rings. The van der Waals surface area contributed by atoms with Crippen LogP contribution in [0.2, 0.25) is 0 Å². The van der Waals surface area contributed by atoms with Gasteiger partial charge >= 0.3 is 0 Å². The molecule has 0 N–H and O–H groups in total. The van der Waals surface area contributed by atoms with Crippen LogP contribution in [-0.4, -0.2) is 16.0 Å². The molecule has 0 spiro atoms. The molecule has 1 unspecified atom stereocenters. The Morgan fingerprint density at radius 1 is 1.38 bits per heavy atom. The number of aromatic nitrogens is 2. The van der Waals surface area contributed by atoms with Crippen LogP contribution in [0.25, 0.3) is 0 Å². The van der Waals surface area contributed by atoms with Gasteiger partial charge in [-0.3, -0.25) is 0 Å². The minimum absolute atomic E-state index is 0.357. The van der Waals surface area contributed by atoms with E-state index in [1.807, 2.05) is 12.1 Å². The zero-order valence-corrected chi connectivity index (χ0v) is 11.4. The van der Waals surface area contributed by atoms with Gasteiger partial charge in [-0.05, 0) is 29.6 Å². The fourth-order valence-corrected chi connectivity index (χ4v) is 3.23. The lowest BCUT2D eigenvalue weighted by molar-refractivity contribution is 0.262. The predicted octanol–water partition coefficient (Wildman–Crippen LogP) is 2.86. The van der Waals surface area contributed by atoms with Crippen LogP contribution in [0.15, 0.2) is 24.3 Å². The molecular weight excluding hydrogens is 335 g/mol. The van der Waals surface area contributed by atoms with Gasteiger partial charge in [0, 0.05) is 22.6 Å². The highest BCUT2D eigenvalue weighted by molar-refractivity contribution is 14.1. The predicted molar refractivity (Wildman–Crippen MR) is 71.0 cm³/mol. The maximum atomic E-state index is 5.74. The number of halogens is 1. The van der Waals surface area contributed by atoms with Crippen LogP contribution in [0.3, 0.4) is 0 Å². The van der Waals surface area contributed by atoms with E-state index in [0.717, 1.165) is 21.0 Å². The molecule has 0 radical (unpaired) electrons. The fourth-order valence-electron chi connectivity index (χ4n) is 1.87. The number of para-hydroxylation sites is 1. The zero-order chi connectivity index (χ0) is 11.0. The van der Waals surface area contributed by atoms with Gasteiger partial charge < -0.3 is 4.74 Å². The Hall–Kier alpha value is -0.690. The number of hydrogen-bond acceptors (Lipinski definition) is 4. The van der Waals surface area contributed by atoms with Crippen molar-refractivity contribution in [3.05, 3.63) is 38.7 Å². The molecule has 0 aliphatic carbocycles. The van der Waals surface area contributed by atoms with Gasteiger partial charge in [-0.1, -0.05) is 18.2 Å². The minimum atomic E-state index is 0.357. The number of nitrogens with zero attached hydrogens (tertiary/aromatic N) is 2. The molecule has 16 heavy (non-hydrogen) atoms. The number of ether oxygens (including phenoxy) is 1. The Morgan fingerprint density at radius 3 is 3.06 bits per heavy atom. The normalized spacial score (nSPS) is 18.9. The van der Waals surface area contributed by atoms with Crippen LogP contribution in [-0.2, 0) is 6.42 Å². The summed E-state index contributed by atoms with van der Waals surface area (Å²) in [4.78, 5) is 4.42. The SMILES string of the molecule is Ic1nsc(C2COc3ccccc3C2)n1. The molecule has 3 nitrogen and oxygen atoms in total. The van der Waals surface area contributed by atoms with E-state index >= 15 is 0 Å². The molecule has 0 saturated carbocycles. The fraction of sp³-hybridized carbons (Fsp3) is 0.273. The van der Waals surface area contributed by atoms with Crippen molar-refractivity contribution in [1.82, 2.24) is 9.36 Å². The maximum absolute atomic E-state index is 5.74. The van der Waals surface area contributed by atoms with Crippen molar-refractivity contribution in [2.24, 2.45) is 0 Å². The molecule has 1 aromatic carbocycles. The van der Waals surface area contributed by atoms with Gasteiger partial charge in [-0.15, -0.1) is 0 Å². The Balaban J connectivity index is 1.88. The topological polar surface area (TPSA) is 35.0 Å². The zero-order valence-electron chi connectivity index (χ0n) is 8.39. The number of hydrogen-bond donors (Lipinski definition) is 0. The lowest BCUT2D eigenvalue weighted by atomic mass is 9.97. The van der Waals surface area contributed by atoms with E-state index in [1.165, 1.54) is 17.1 Å². The molecule has 5 heteroatoms. The molecular formula is C11H9IN2OS. The van der Waals surface area contributed by atoms with Crippen molar-refractivity contribution < 1.29 is 4.74 Å². The van der Waals surface area contributed by atoms with E-state index < -0.39 is 0 Å². The quantitative estimate of drug-likeness (QED) is 0.747. The van der Waals surface area contributed by atoms with Crippen molar-refractivity contribution in [3.8, 4) is 5.75 Å². The summed E-state index contributed by atoms with van der Waals surface area (Å²) in [6, 6.07) is 8.20. The smallest absolute Gasteiger partial charge is 0.203 e. The average molecular weight is 344 g/mol. The van der Waals surface area contributed by atoms with E-state index in [2.05, 4.69) is 44.1 Å². The standard InChI is InChI=1S/C11H9IN2OS/c12-11-13-10(16-14-11)8-5-7-3-1-2-4-9(7)15-6-8/h1-4,8H,5-6H2. The number of benzene rings is 1. The Bertz CT molecular complexity index is 514. The summed E-state index contributed by atoms with van der Waals surface area (Å²) in [7, 11) is 0. The maximum Gasteiger partial charge on any atom is 0.203 e. The van der Waals surface area contributed by atoms with Crippen LogP contribution in [0, 0.1) is 3.83 Å². The first-order valence-electron chi connectivity index (χ1n) is 5.03. The molecule has 3 rings (SSSR count). The highest BCUT2D eigenvalue weighted by Crippen LogP contribution is 2.32. The van der Waals surface area contributed by atoms with Gasteiger partial charge in [0.05, 0.1) is 12.5 Å². The molecule has 1 aliphatic heterocycles. The van der Waals surface area contributed by atoms with Gasteiger partial charge in [-0.2, -0.15) is 4.37 Å². The first-order valence-corrected chi connectivity index (χ1v) is 6.88. The second-order valence-corrected chi connectivity index (χ2v) is 5.47. The minimum Gasteiger partial charge on any atom is -0.493 e. The highest BCUT2D eigenvalue weighted by Gasteiger charge is 2.23. The molecule has 0 bridgehead atoms. The van der Waals surface area contributed by atoms with E-state index in [1.54, 1.807) is 0 Å². The molecule has 82 valence electrons. The molecule has 1 aromatic heterocycles. The Labute approximate surface area is 111 Å². The summed E-state index contributed by atoms with van der Waals surface area (Å²) in [5, 5.41) is 1.08. The summed E-state index contributed by atoms with van der Waals surface area (Å²) >= 11 is 3.63. The van der Waals surface area contributed by atoms with Gasteiger partial charge in [0.15, 0.2) is 0 Å². The first kappa shape index (κ1) is 10.5. The largest absolute Gasteiger partial charge is 0.493 e. The summed E-state index contributed by atoms with van der Waals surface area (Å²) in [5.74, 6) is 1.37. The number of rotatable bonds is 1. The van der Waals surface area contributed by atoms with Crippen LogP contribution in [0.4, 0.5) is 0 Å². The Kier molecular flexibility index (Phi) is 2.81. The monoisotopic (exact) mass is 344 g/mol. The number of fused-ring (bicyclic) bond motifs is 1.